The number of ether oxygens (including phenoxy) is 1. The summed E-state index contributed by atoms with van der Waals surface area (Å²) in [5.74, 6) is -0.0902. The number of carbonyl (C=O) groups is 1. The van der Waals surface area contributed by atoms with Gasteiger partial charge in [0, 0.05) is 12.4 Å². The van der Waals surface area contributed by atoms with Gasteiger partial charge in [0.1, 0.15) is 24.4 Å². The Morgan fingerprint density at radius 2 is 1.88 bits per heavy atom. The van der Waals surface area contributed by atoms with E-state index < -0.39 is 43.3 Å². The minimum Gasteiger partial charge on any atom is -0.394 e. The van der Waals surface area contributed by atoms with Crippen LogP contribution < -0.4 is 0 Å². The summed E-state index contributed by atoms with van der Waals surface area (Å²) >= 11 is 5.53. The first-order chi connectivity index (χ1) is 11.3. The molecular weight excluding hydrogens is 346 g/mol. The van der Waals surface area contributed by atoms with Crippen LogP contribution in [-0.4, -0.2) is 92.6 Å². The molecule has 11 heteroatoms. The highest BCUT2D eigenvalue weighted by molar-refractivity contribution is 6.18. The number of hydrogen-bond donors (Lipinski definition) is 4. The van der Waals surface area contributed by atoms with Gasteiger partial charge in [-0.15, -0.1) is 16.5 Å². The van der Waals surface area contributed by atoms with Crippen molar-refractivity contribution in [1.29, 1.82) is 0 Å². The van der Waals surface area contributed by atoms with E-state index in [9.17, 15) is 30.1 Å². The zero-order valence-corrected chi connectivity index (χ0v) is 14.3. The molecule has 0 aromatic carbocycles. The molecule has 2 amide bonds. The molecule has 0 aliphatic carbocycles. The maximum absolute atomic E-state index is 12.5. The highest BCUT2D eigenvalue weighted by atomic mass is 35.5. The second-order valence-corrected chi connectivity index (χ2v) is 6.32. The second kappa shape index (κ2) is 9.44. The Bertz CT molecular complexity index is 426. The third-order valence-corrected chi connectivity index (χ3v) is 3.77. The average molecular weight is 370 g/mol. The fourth-order valence-corrected chi connectivity index (χ4v) is 2.58. The van der Waals surface area contributed by atoms with Crippen LogP contribution in [0, 0.1) is 10.8 Å². The summed E-state index contributed by atoms with van der Waals surface area (Å²) in [5.41, 5.74) is 0. The van der Waals surface area contributed by atoms with Crippen molar-refractivity contribution in [2.24, 2.45) is 11.2 Å². The molecular formula is C13H24ClN3O7. The van der Waals surface area contributed by atoms with Crippen LogP contribution in [0.5, 0.6) is 0 Å². The Morgan fingerprint density at radius 3 is 2.33 bits per heavy atom. The van der Waals surface area contributed by atoms with Gasteiger partial charge in [-0.3, -0.25) is 4.90 Å². The molecule has 0 spiro atoms. The van der Waals surface area contributed by atoms with Gasteiger partial charge in [0.2, 0.25) is 0 Å². The van der Waals surface area contributed by atoms with Crippen molar-refractivity contribution in [3.63, 3.8) is 0 Å². The van der Waals surface area contributed by atoms with Crippen LogP contribution in [0.1, 0.15) is 13.8 Å². The van der Waals surface area contributed by atoms with E-state index in [1.807, 2.05) is 0 Å². The van der Waals surface area contributed by atoms with Gasteiger partial charge in [-0.05, 0) is 5.92 Å². The van der Waals surface area contributed by atoms with Crippen LogP contribution in [0.25, 0.3) is 0 Å². The number of hydrogen-bond acceptors (Lipinski definition) is 8. The Morgan fingerprint density at radius 1 is 1.25 bits per heavy atom. The number of rotatable bonds is 7. The first-order valence-electron chi connectivity index (χ1n) is 7.56. The number of carbonyl (C=O) groups excluding carboxylic acids is 1. The summed E-state index contributed by atoms with van der Waals surface area (Å²) in [5, 5.41) is 42.3. The Hall–Kier alpha value is -1.04. The minimum absolute atomic E-state index is 0.0261. The van der Waals surface area contributed by atoms with Crippen molar-refractivity contribution >= 4 is 17.6 Å². The summed E-state index contributed by atoms with van der Waals surface area (Å²) in [6.45, 7) is 2.91. The van der Waals surface area contributed by atoms with Crippen molar-refractivity contribution < 1.29 is 30.0 Å². The third-order valence-electron chi connectivity index (χ3n) is 3.60. The molecule has 4 N–H and O–H groups in total. The third kappa shape index (κ3) is 4.74. The predicted octanol–water partition coefficient (Wildman–Crippen LogP) is -0.913. The van der Waals surface area contributed by atoms with Gasteiger partial charge in [-0.1, -0.05) is 13.8 Å². The Balaban J connectivity index is 3.09. The molecule has 0 bridgehead atoms. The predicted molar refractivity (Wildman–Crippen MR) is 83.9 cm³/mol. The smallest absolute Gasteiger partial charge is 0.345 e. The van der Waals surface area contributed by atoms with Crippen molar-refractivity contribution in [2.75, 3.05) is 25.6 Å². The highest BCUT2D eigenvalue weighted by Gasteiger charge is 2.47. The molecule has 1 rings (SSSR count). The van der Waals surface area contributed by atoms with Crippen LogP contribution in [0.3, 0.4) is 0 Å². The van der Waals surface area contributed by atoms with Crippen LogP contribution in [0.2, 0.25) is 0 Å². The lowest BCUT2D eigenvalue weighted by Crippen LogP contribution is -2.65. The van der Waals surface area contributed by atoms with Crippen LogP contribution >= 0.6 is 11.6 Å². The van der Waals surface area contributed by atoms with Crippen LogP contribution in [0.15, 0.2) is 5.29 Å². The van der Waals surface area contributed by atoms with E-state index in [1.54, 1.807) is 13.8 Å². The zero-order valence-electron chi connectivity index (χ0n) is 13.5. The largest absolute Gasteiger partial charge is 0.394 e. The van der Waals surface area contributed by atoms with Gasteiger partial charge in [0.05, 0.1) is 18.4 Å². The maximum atomic E-state index is 12.5. The summed E-state index contributed by atoms with van der Waals surface area (Å²) in [4.78, 5) is 24.4. The molecule has 5 unspecified atom stereocenters. The fourth-order valence-electron chi connectivity index (χ4n) is 2.42. The van der Waals surface area contributed by atoms with Crippen molar-refractivity contribution in [3.8, 4) is 0 Å². The molecule has 0 saturated carbocycles. The molecule has 1 aliphatic heterocycles. The van der Waals surface area contributed by atoms with Crippen LogP contribution in [0.4, 0.5) is 4.79 Å². The summed E-state index contributed by atoms with van der Waals surface area (Å²) in [6, 6.07) is -0.858. The quantitative estimate of drug-likeness (QED) is 0.258. The van der Waals surface area contributed by atoms with Crippen molar-refractivity contribution in [2.45, 2.75) is 44.5 Å². The SMILES string of the molecule is CC(C)CN(C(=O)N(CCCl)N=O)C1OC(CO)C(O)C(O)C1O. The Kier molecular flexibility index (Phi) is 8.27. The number of nitroso groups, excluding NO2 is 1. The monoisotopic (exact) mass is 369 g/mol. The molecule has 140 valence electrons. The lowest BCUT2D eigenvalue weighted by Gasteiger charge is -2.45. The first-order valence-corrected chi connectivity index (χ1v) is 8.09. The van der Waals surface area contributed by atoms with Gasteiger partial charge >= 0.3 is 6.03 Å². The van der Waals surface area contributed by atoms with Gasteiger partial charge in [0.25, 0.3) is 0 Å². The van der Waals surface area contributed by atoms with Gasteiger partial charge in [-0.25, -0.2) is 4.79 Å². The molecule has 1 saturated heterocycles. The number of amides is 2. The molecule has 5 atom stereocenters. The van der Waals surface area contributed by atoms with Gasteiger partial charge in [-0.2, -0.15) is 5.01 Å². The minimum atomic E-state index is -1.63. The number of alkyl halides is 1. The number of aliphatic hydroxyl groups excluding tert-OH is 4. The summed E-state index contributed by atoms with van der Waals surface area (Å²) in [7, 11) is 0. The van der Waals surface area contributed by atoms with Gasteiger partial charge in [0.15, 0.2) is 6.23 Å². The lowest BCUT2D eigenvalue weighted by atomic mass is 9.97. The van der Waals surface area contributed by atoms with Crippen LogP contribution in [-0.2, 0) is 4.74 Å². The summed E-state index contributed by atoms with van der Waals surface area (Å²) in [6.07, 6.45) is -7.33. The van der Waals surface area contributed by atoms with E-state index in [0.29, 0.717) is 5.01 Å². The van der Waals surface area contributed by atoms with Crippen molar-refractivity contribution in [1.82, 2.24) is 9.91 Å². The molecule has 1 aliphatic rings. The highest BCUT2D eigenvalue weighted by Crippen LogP contribution is 2.25. The molecule has 24 heavy (non-hydrogen) atoms. The normalized spacial score (nSPS) is 30.2. The van der Waals surface area contributed by atoms with E-state index in [-0.39, 0.29) is 24.9 Å². The van der Waals surface area contributed by atoms with E-state index in [2.05, 4.69) is 5.29 Å². The maximum Gasteiger partial charge on any atom is 0.345 e. The summed E-state index contributed by atoms with van der Waals surface area (Å²) < 4.78 is 5.38. The van der Waals surface area contributed by atoms with E-state index >= 15 is 0 Å². The van der Waals surface area contributed by atoms with Crippen molar-refractivity contribution in [3.05, 3.63) is 4.91 Å². The standard InChI is InChI=1S/C13H24ClN3O7/c1-7(2)5-16(13(22)17(15-23)4-3-14)12-11(21)10(20)9(19)8(6-18)24-12/h7-12,18-21H,3-6H2,1-2H3. The number of halogens is 1. The Labute approximate surface area is 144 Å². The average Bonchev–Trinajstić information content (AvgIpc) is 2.55. The van der Waals surface area contributed by atoms with E-state index in [0.717, 1.165) is 4.90 Å². The van der Waals surface area contributed by atoms with Gasteiger partial charge < -0.3 is 25.2 Å². The molecule has 0 aromatic rings. The molecule has 1 fully saturated rings. The first kappa shape index (κ1) is 21.0. The molecule has 0 aromatic heterocycles. The van der Waals surface area contributed by atoms with E-state index in [1.165, 1.54) is 0 Å². The molecule has 1 heterocycles. The lowest BCUT2D eigenvalue weighted by molar-refractivity contribution is -0.259. The topological polar surface area (TPSA) is 143 Å². The number of aliphatic hydroxyl groups is 4. The number of nitrogens with zero attached hydrogens (tertiary/aromatic N) is 3. The van der Waals surface area contributed by atoms with E-state index in [4.69, 9.17) is 16.3 Å². The second-order valence-electron chi connectivity index (χ2n) is 5.94. The zero-order chi connectivity index (χ0) is 18.4. The number of urea groups is 1. The fraction of sp³-hybridized carbons (Fsp3) is 0.923. The molecule has 10 nitrogen and oxygen atoms in total. The molecule has 0 radical (unpaired) electrons.